The molecule has 0 bridgehead atoms. The Balaban J connectivity index is 1.65. The number of esters is 1. The summed E-state index contributed by atoms with van der Waals surface area (Å²) in [6.45, 7) is 4.39. The number of rotatable bonds is 7. The van der Waals surface area contributed by atoms with E-state index < -0.39 is 0 Å². The van der Waals surface area contributed by atoms with Gasteiger partial charge in [0.05, 0.1) is 12.5 Å². The maximum absolute atomic E-state index is 12.1. The molecule has 0 saturated carbocycles. The molecule has 0 radical (unpaired) electrons. The number of hydrogen-bond acceptors (Lipinski definition) is 8. The third kappa shape index (κ3) is 4.43. The van der Waals surface area contributed by atoms with E-state index >= 15 is 0 Å². The molecule has 1 saturated heterocycles. The molecule has 1 unspecified atom stereocenters. The predicted octanol–water partition coefficient (Wildman–Crippen LogP) is 2.55. The summed E-state index contributed by atoms with van der Waals surface area (Å²) in [7, 11) is 0. The van der Waals surface area contributed by atoms with Crippen LogP contribution in [0.2, 0.25) is 0 Å². The molecular weight excluding hydrogens is 350 g/mol. The maximum atomic E-state index is 12.1. The zero-order valence-corrected chi connectivity index (χ0v) is 15.8. The molecule has 0 aromatic carbocycles. The number of aromatic nitrogens is 2. The first-order chi connectivity index (χ1) is 12.7. The van der Waals surface area contributed by atoms with E-state index in [9.17, 15) is 4.79 Å². The first-order valence-corrected chi connectivity index (χ1v) is 9.85. The third-order valence-corrected chi connectivity index (χ3v) is 5.38. The Kier molecular flexibility index (Phi) is 6.27. The number of piperidine rings is 1. The number of nitrogens with two attached hydrogens (primary N) is 1. The normalized spacial score (nSPS) is 17.1. The number of anilines is 3. The van der Waals surface area contributed by atoms with Crippen LogP contribution in [-0.2, 0) is 16.0 Å². The average molecular weight is 375 g/mol. The van der Waals surface area contributed by atoms with Crippen LogP contribution >= 0.6 is 11.3 Å². The van der Waals surface area contributed by atoms with Crippen LogP contribution in [0.5, 0.6) is 0 Å². The molecule has 3 heterocycles. The van der Waals surface area contributed by atoms with E-state index in [2.05, 4.69) is 31.6 Å². The van der Waals surface area contributed by atoms with Crippen LogP contribution in [0.4, 0.5) is 17.3 Å². The highest BCUT2D eigenvalue weighted by atomic mass is 32.1. The number of carbonyl (C=O) groups is 1. The average Bonchev–Trinajstić information content (AvgIpc) is 3.17. The van der Waals surface area contributed by atoms with Crippen molar-refractivity contribution >= 4 is 34.6 Å². The summed E-state index contributed by atoms with van der Waals surface area (Å²) in [5.41, 5.74) is 6.84. The molecule has 1 fully saturated rings. The Morgan fingerprint density at radius 1 is 1.50 bits per heavy atom. The lowest BCUT2D eigenvalue weighted by atomic mass is 9.98. The number of nitrogens with zero attached hydrogens (tertiary/aromatic N) is 3. The van der Waals surface area contributed by atoms with Crippen molar-refractivity contribution in [1.82, 2.24) is 9.97 Å². The number of hydrogen-bond donors (Lipinski definition) is 2. The Morgan fingerprint density at radius 3 is 3.15 bits per heavy atom. The first kappa shape index (κ1) is 18.4. The minimum absolute atomic E-state index is 0.131. The van der Waals surface area contributed by atoms with Gasteiger partial charge in [-0.15, -0.1) is 11.3 Å². The first-order valence-electron chi connectivity index (χ1n) is 8.97. The minimum atomic E-state index is -0.140. The van der Waals surface area contributed by atoms with E-state index in [1.807, 2.05) is 13.0 Å². The lowest BCUT2D eigenvalue weighted by Gasteiger charge is -2.33. The van der Waals surface area contributed by atoms with Gasteiger partial charge in [0, 0.05) is 24.5 Å². The largest absolute Gasteiger partial charge is 0.466 e. The van der Waals surface area contributed by atoms with Crippen LogP contribution < -0.4 is 16.0 Å². The Hall–Kier alpha value is -2.35. The monoisotopic (exact) mass is 375 g/mol. The molecule has 140 valence electrons. The van der Waals surface area contributed by atoms with Crippen molar-refractivity contribution in [2.75, 3.05) is 42.2 Å². The standard InChI is InChI=1S/C18H25N5O2S/c1-2-25-18(24)13-5-3-9-23(11-13)17-15(19)16(21-12-22-17)20-8-7-14-6-4-10-26-14/h4,6,10,12-13H,2-3,5,7-9,11,19H2,1H3,(H,20,21,22). The lowest BCUT2D eigenvalue weighted by molar-refractivity contribution is -0.148. The summed E-state index contributed by atoms with van der Waals surface area (Å²) in [5, 5.41) is 5.37. The van der Waals surface area contributed by atoms with E-state index in [1.165, 1.54) is 11.2 Å². The highest BCUT2D eigenvalue weighted by molar-refractivity contribution is 7.09. The maximum Gasteiger partial charge on any atom is 0.310 e. The fraction of sp³-hybridized carbons (Fsp3) is 0.500. The van der Waals surface area contributed by atoms with E-state index in [-0.39, 0.29) is 11.9 Å². The molecule has 0 amide bonds. The highest BCUT2D eigenvalue weighted by Gasteiger charge is 2.28. The van der Waals surface area contributed by atoms with E-state index in [0.717, 1.165) is 32.4 Å². The van der Waals surface area contributed by atoms with Crippen molar-refractivity contribution in [2.45, 2.75) is 26.2 Å². The van der Waals surface area contributed by atoms with Gasteiger partial charge in [-0.2, -0.15) is 0 Å². The number of ether oxygens (including phenoxy) is 1. The second kappa shape index (κ2) is 8.84. The molecule has 26 heavy (non-hydrogen) atoms. The number of nitrogen functional groups attached to an aromatic ring is 1. The molecule has 0 spiro atoms. The van der Waals surface area contributed by atoms with Crippen molar-refractivity contribution in [1.29, 1.82) is 0 Å². The number of nitrogens with one attached hydrogen (secondary N) is 1. The SMILES string of the molecule is CCOC(=O)C1CCCN(c2ncnc(NCCc3cccs3)c2N)C1. The summed E-state index contributed by atoms with van der Waals surface area (Å²) in [4.78, 5) is 24.1. The van der Waals surface area contributed by atoms with Gasteiger partial charge in [-0.1, -0.05) is 6.07 Å². The van der Waals surface area contributed by atoms with Crippen molar-refractivity contribution in [3.8, 4) is 0 Å². The van der Waals surface area contributed by atoms with Crippen LogP contribution in [-0.4, -0.2) is 42.2 Å². The molecule has 2 aromatic heterocycles. The summed E-state index contributed by atoms with van der Waals surface area (Å²) in [6, 6.07) is 4.16. The van der Waals surface area contributed by atoms with Gasteiger partial charge in [0.25, 0.3) is 0 Å². The molecule has 1 atom stereocenters. The second-order valence-electron chi connectivity index (χ2n) is 6.25. The van der Waals surface area contributed by atoms with Crippen LogP contribution in [0.1, 0.15) is 24.6 Å². The molecule has 8 heteroatoms. The Labute approximate surface area is 157 Å². The van der Waals surface area contributed by atoms with Crippen molar-refractivity contribution in [3.63, 3.8) is 0 Å². The fourth-order valence-electron chi connectivity index (χ4n) is 3.16. The van der Waals surface area contributed by atoms with Crippen molar-refractivity contribution < 1.29 is 9.53 Å². The van der Waals surface area contributed by atoms with E-state index in [4.69, 9.17) is 10.5 Å². The van der Waals surface area contributed by atoms with Gasteiger partial charge in [-0.25, -0.2) is 9.97 Å². The lowest BCUT2D eigenvalue weighted by Crippen LogP contribution is -2.40. The zero-order chi connectivity index (χ0) is 18.4. The summed E-state index contributed by atoms with van der Waals surface area (Å²) in [6.07, 6.45) is 4.19. The van der Waals surface area contributed by atoms with E-state index in [0.29, 0.717) is 30.5 Å². The van der Waals surface area contributed by atoms with Gasteiger partial charge in [0.2, 0.25) is 0 Å². The van der Waals surface area contributed by atoms with Crippen LogP contribution in [0.25, 0.3) is 0 Å². The van der Waals surface area contributed by atoms with Gasteiger partial charge in [0.15, 0.2) is 11.6 Å². The highest BCUT2D eigenvalue weighted by Crippen LogP contribution is 2.30. The van der Waals surface area contributed by atoms with Crippen LogP contribution in [0.3, 0.4) is 0 Å². The predicted molar refractivity (Wildman–Crippen MR) is 105 cm³/mol. The number of thiophene rings is 1. The smallest absolute Gasteiger partial charge is 0.310 e. The minimum Gasteiger partial charge on any atom is -0.466 e. The molecule has 1 aliphatic heterocycles. The zero-order valence-electron chi connectivity index (χ0n) is 15.0. The molecular formula is C18H25N5O2S. The van der Waals surface area contributed by atoms with Gasteiger partial charge < -0.3 is 20.7 Å². The van der Waals surface area contributed by atoms with Gasteiger partial charge >= 0.3 is 5.97 Å². The Bertz CT molecular complexity index is 722. The van der Waals surface area contributed by atoms with Crippen molar-refractivity contribution in [2.24, 2.45) is 5.92 Å². The molecule has 3 N–H and O–H groups in total. The molecule has 3 rings (SSSR count). The van der Waals surface area contributed by atoms with E-state index in [1.54, 1.807) is 11.3 Å². The molecule has 7 nitrogen and oxygen atoms in total. The fourth-order valence-corrected chi connectivity index (χ4v) is 3.87. The van der Waals surface area contributed by atoms with Crippen molar-refractivity contribution in [3.05, 3.63) is 28.7 Å². The van der Waals surface area contributed by atoms with Gasteiger partial charge in [0.1, 0.15) is 12.0 Å². The van der Waals surface area contributed by atoms with Gasteiger partial charge in [-0.05, 0) is 37.6 Å². The summed E-state index contributed by atoms with van der Waals surface area (Å²) < 4.78 is 5.17. The molecule has 0 aliphatic carbocycles. The molecule has 2 aromatic rings. The van der Waals surface area contributed by atoms with Gasteiger partial charge in [-0.3, -0.25) is 4.79 Å². The Morgan fingerprint density at radius 2 is 2.38 bits per heavy atom. The second-order valence-corrected chi connectivity index (χ2v) is 7.29. The summed E-state index contributed by atoms with van der Waals surface area (Å²) >= 11 is 1.74. The van der Waals surface area contributed by atoms with Crippen LogP contribution in [0.15, 0.2) is 23.8 Å². The number of carbonyl (C=O) groups excluding carboxylic acids is 1. The summed E-state index contributed by atoms with van der Waals surface area (Å²) in [5.74, 6) is 1.06. The topological polar surface area (TPSA) is 93.4 Å². The molecule has 1 aliphatic rings. The third-order valence-electron chi connectivity index (χ3n) is 4.45. The quantitative estimate of drug-likeness (QED) is 0.718. The van der Waals surface area contributed by atoms with Crippen LogP contribution in [0, 0.1) is 5.92 Å².